The maximum absolute atomic E-state index is 11.8. The summed E-state index contributed by atoms with van der Waals surface area (Å²) in [6.07, 6.45) is 0.480. The van der Waals surface area contributed by atoms with E-state index >= 15 is 0 Å². The molecule has 0 spiro atoms. The zero-order valence-corrected chi connectivity index (χ0v) is 12.2. The molecule has 1 aromatic rings. The highest BCUT2D eigenvalue weighted by Gasteiger charge is 2.31. The highest BCUT2D eigenvalue weighted by atomic mass is 31.2. The molecule has 0 bridgehead atoms. The summed E-state index contributed by atoms with van der Waals surface area (Å²) in [5.74, 6) is 0. The second kappa shape index (κ2) is 6.47. The second-order valence-electron chi connectivity index (χ2n) is 4.27. The molecule has 9 nitrogen and oxygen atoms in total. The molecule has 1 heterocycles. The predicted octanol–water partition coefficient (Wildman–Crippen LogP) is -0.642. The lowest BCUT2D eigenvalue weighted by atomic mass is 10.3. The Morgan fingerprint density at radius 1 is 1.45 bits per heavy atom. The maximum atomic E-state index is 11.8. The van der Waals surface area contributed by atoms with Gasteiger partial charge in [-0.1, -0.05) is 0 Å². The third-order valence-electron chi connectivity index (χ3n) is 2.50. The Hall–Kier alpha value is -1.25. The number of aryl methyl sites for hydroxylation is 1. The van der Waals surface area contributed by atoms with Gasteiger partial charge in [0.1, 0.15) is 0 Å². The monoisotopic (exact) mass is 308 g/mol. The Labute approximate surface area is 114 Å². The molecule has 3 N–H and O–H groups in total. The third-order valence-corrected chi connectivity index (χ3v) is 3.39. The second-order valence-corrected chi connectivity index (χ2v) is 5.87. The van der Waals surface area contributed by atoms with Crippen LogP contribution >= 0.6 is 7.60 Å². The van der Waals surface area contributed by atoms with Gasteiger partial charge >= 0.3 is 13.3 Å². The number of ether oxygens (including phenoxy) is 2. The number of rotatable bonds is 6. The first kappa shape index (κ1) is 16.8. The van der Waals surface area contributed by atoms with Crippen LogP contribution in [-0.4, -0.2) is 38.6 Å². The van der Waals surface area contributed by atoms with Crippen molar-refractivity contribution in [3.05, 3.63) is 32.6 Å². The van der Waals surface area contributed by atoms with Crippen molar-refractivity contribution in [1.82, 2.24) is 9.55 Å². The van der Waals surface area contributed by atoms with Crippen molar-refractivity contribution in [2.24, 2.45) is 0 Å². The molecule has 0 amide bonds. The molecule has 0 radical (unpaired) electrons. The van der Waals surface area contributed by atoms with Gasteiger partial charge in [-0.05, 0) is 13.8 Å². The Bertz CT molecular complexity index is 617. The average Bonchev–Trinajstić information content (AvgIpc) is 2.35. The van der Waals surface area contributed by atoms with E-state index in [1.807, 2.05) is 0 Å². The van der Waals surface area contributed by atoms with E-state index in [1.165, 1.54) is 20.0 Å². The molecule has 0 fully saturated rings. The van der Waals surface area contributed by atoms with Gasteiger partial charge in [0.25, 0.3) is 11.6 Å². The molecule has 0 aliphatic heterocycles. The molecular weight excluding hydrogens is 291 g/mol. The van der Waals surface area contributed by atoms with Gasteiger partial charge in [0.15, 0.2) is 0 Å². The third kappa shape index (κ3) is 4.12. The van der Waals surface area contributed by atoms with E-state index in [4.69, 9.17) is 14.5 Å². The quantitative estimate of drug-likeness (QED) is 0.470. The average molecular weight is 308 g/mol. The Balaban J connectivity index is 2.90. The van der Waals surface area contributed by atoms with E-state index in [1.54, 1.807) is 0 Å². The fourth-order valence-corrected chi connectivity index (χ4v) is 2.19. The molecule has 0 saturated carbocycles. The predicted molar refractivity (Wildman–Crippen MR) is 69.4 cm³/mol. The lowest BCUT2D eigenvalue weighted by Crippen LogP contribution is -2.40. The van der Waals surface area contributed by atoms with Crippen molar-refractivity contribution in [3.8, 4) is 0 Å². The largest absolute Gasteiger partial charge is 0.381 e. The molecule has 0 saturated heterocycles. The van der Waals surface area contributed by atoms with Crippen LogP contribution in [0.5, 0.6) is 0 Å². The first-order valence-electron chi connectivity index (χ1n) is 5.69. The summed E-state index contributed by atoms with van der Waals surface area (Å²) < 4.78 is 21.5. The first-order chi connectivity index (χ1) is 9.16. The summed E-state index contributed by atoms with van der Waals surface area (Å²) in [6, 6.07) is -1.74. The summed E-state index contributed by atoms with van der Waals surface area (Å²) in [4.78, 5) is 43.6. The van der Waals surface area contributed by atoms with Crippen molar-refractivity contribution in [2.75, 3.05) is 7.11 Å². The number of methoxy groups -OCH3 is 1. The van der Waals surface area contributed by atoms with E-state index in [9.17, 15) is 14.2 Å². The molecule has 114 valence electrons. The zero-order chi connectivity index (χ0) is 15.5. The molecule has 0 aromatic carbocycles. The summed E-state index contributed by atoms with van der Waals surface area (Å²) in [7, 11) is -3.50. The van der Waals surface area contributed by atoms with Crippen LogP contribution in [0.2, 0.25) is 0 Å². The summed E-state index contributed by atoms with van der Waals surface area (Å²) in [5, 5.41) is 0. The van der Waals surface area contributed by atoms with Crippen LogP contribution in [0.4, 0.5) is 0 Å². The lowest BCUT2D eigenvalue weighted by Gasteiger charge is -2.22. The van der Waals surface area contributed by atoms with E-state index < -0.39 is 31.0 Å². The number of aromatic nitrogens is 2. The minimum Gasteiger partial charge on any atom is -0.346 e. The smallest absolute Gasteiger partial charge is 0.346 e. The molecule has 1 unspecified atom stereocenters. The van der Waals surface area contributed by atoms with Gasteiger partial charge in [-0.15, -0.1) is 0 Å². The van der Waals surface area contributed by atoms with Crippen LogP contribution < -0.4 is 11.2 Å². The van der Waals surface area contributed by atoms with E-state index in [2.05, 4.69) is 9.72 Å². The normalized spacial score (nSPS) is 15.1. The molecular formula is C10H17N2O7P. The minimum absolute atomic E-state index is 0.157. The van der Waals surface area contributed by atoms with Crippen LogP contribution in [0.25, 0.3) is 0 Å². The van der Waals surface area contributed by atoms with Gasteiger partial charge in [0.2, 0.25) is 0 Å². The van der Waals surface area contributed by atoms with Crippen molar-refractivity contribution in [1.29, 1.82) is 0 Å². The van der Waals surface area contributed by atoms with Gasteiger partial charge in [0.05, 0.1) is 12.6 Å². The Morgan fingerprint density at radius 2 is 2.05 bits per heavy atom. The Kier molecular flexibility index (Phi) is 5.43. The molecule has 20 heavy (non-hydrogen) atoms. The number of aromatic amines is 1. The van der Waals surface area contributed by atoms with Crippen LogP contribution in [0.15, 0.2) is 15.8 Å². The highest BCUT2D eigenvalue weighted by molar-refractivity contribution is 7.52. The first-order valence-corrected chi connectivity index (χ1v) is 7.37. The van der Waals surface area contributed by atoms with Crippen molar-refractivity contribution < 1.29 is 23.8 Å². The van der Waals surface area contributed by atoms with Gasteiger partial charge in [-0.2, -0.15) is 0 Å². The minimum atomic E-state index is -4.59. The van der Waals surface area contributed by atoms with Crippen LogP contribution in [0.3, 0.4) is 0 Å². The summed E-state index contributed by atoms with van der Waals surface area (Å²) in [6.45, 7) is 2.85. The van der Waals surface area contributed by atoms with Crippen molar-refractivity contribution in [3.63, 3.8) is 0 Å². The fourth-order valence-electron chi connectivity index (χ4n) is 1.55. The van der Waals surface area contributed by atoms with Gasteiger partial charge in [-0.3, -0.25) is 13.9 Å². The van der Waals surface area contributed by atoms with Gasteiger partial charge in [0, 0.05) is 18.9 Å². The van der Waals surface area contributed by atoms with Gasteiger partial charge < -0.3 is 24.2 Å². The molecule has 10 heteroatoms. The number of nitrogens with one attached hydrogen (secondary N) is 1. The zero-order valence-electron chi connectivity index (χ0n) is 11.3. The molecule has 0 aliphatic rings. The number of hydrogen-bond donors (Lipinski definition) is 3. The molecule has 0 aliphatic carbocycles. The number of H-pyrrole nitrogens is 1. The lowest BCUT2D eigenvalue weighted by molar-refractivity contribution is -0.114. The molecule has 1 aromatic heterocycles. The number of hydrogen-bond acceptors (Lipinski definition) is 5. The van der Waals surface area contributed by atoms with Crippen LogP contribution in [0, 0.1) is 6.92 Å². The Morgan fingerprint density at radius 3 is 2.55 bits per heavy atom. The van der Waals surface area contributed by atoms with Crippen molar-refractivity contribution in [2.45, 2.75) is 32.5 Å². The molecule has 2 atom stereocenters. The summed E-state index contributed by atoms with van der Waals surface area (Å²) in [5.41, 5.74) is -0.773. The van der Waals surface area contributed by atoms with Crippen LogP contribution in [-0.2, 0) is 20.6 Å². The highest BCUT2D eigenvalue weighted by Crippen LogP contribution is 2.42. The topological polar surface area (TPSA) is 131 Å². The van der Waals surface area contributed by atoms with E-state index in [0.717, 1.165) is 11.7 Å². The standard InChI is InChI=1S/C10H17N2O7P/c1-6-4-11-9(14)12(8(6)13)5-7(2)19-10(18-3)20(15,16)17/h4,7,10H,5H2,1-3H3,(H,11,14)(H2,15,16,17)/t7?,10-/m0/s1. The number of nitrogens with zero attached hydrogens (tertiary/aromatic N) is 1. The van der Waals surface area contributed by atoms with Crippen LogP contribution in [0.1, 0.15) is 12.5 Å². The van der Waals surface area contributed by atoms with Gasteiger partial charge in [-0.25, -0.2) is 4.79 Å². The molecule has 1 rings (SSSR count). The fraction of sp³-hybridized carbons (Fsp3) is 0.600. The van der Waals surface area contributed by atoms with E-state index in [-0.39, 0.29) is 6.54 Å². The van der Waals surface area contributed by atoms with E-state index in [0.29, 0.717) is 5.56 Å². The SMILES string of the molecule is CO[C@@H](OC(C)Cn1c(=O)[nH]cc(C)c1=O)P(=O)(O)O. The van der Waals surface area contributed by atoms with Crippen molar-refractivity contribution >= 4 is 7.60 Å². The maximum Gasteiger partial charge on any atom is 0.381 e. The summed E-state index contributed by atoms with van der Waals surface area (Å²) >= 11 is 0.